The molecule has 5 rings (SSSR count). The molecule has 1 fully saturated rings. The molecule has 2 heterocycles. The van der Waals surface area contributed by atoms with E-state index in [9.17, 15) is 10.1 Å². The van der Waals surface area contributed by atoms with Gasteiger partial charge in [0.2, 0.25) is 0 Å². The van der Waals surface area contributed by atoms with E-state index in [0.717, 1.165) is 32.6 Å². The number of nitrogens with one attached hydrogen (secondary N) is 1. The molecular formula is C28H25N5O2S2. The van der Waals surface area contributed by atoms with Crippen LogP contribution < -0.4 is 15.0 Å². The summed E-state index contributed by atoms with van der Waals surface area (Å²) in [5.41, 5.74) is 3.96. The Hall–Kier alpha value is -3.87. The number of nitriles is 1. The van der Waals surface area contributed by atoms with Gasteiger partial charge in [-0.2, -0.15) is 5.26 Å². The highest BCUT2D eigenvalue weighted by atomic mass is 32.2. The van der Waals surface area contributed by atoms with E-state index in [-0.39, 0.29) is 5.91 Å². The number of benzene rings is 3. The Bertz CT molecular complexity index is 1460. The summed E-state index contributed by atoms with van der Waals surface area (Å²) in [6, 6.07) is 23.4. The molecule has 0 saturated carbocycles. The number of ether oxygens (including phenoxy) is 1. The Morgan fingerprint density at radius 3 is 2.62 bits per heavy atom. The van der Waals surface area contributed by atoms with Gasteiger partial charge in [-0.05, 0) is 54.6 Å². The standard InChI is InChI=1S/C28H25N5O2S2/c1-4-30-21-12-10-19(16-29)14-22(21)31-28-33(17-18-8-6-5-7-9-18)26(34)25(37-28)27-32(2)23-15-20(35-3)11-13-24(23)36-27/h5-15,30H,4,17H2,1-3H3/b27-25-,31-28+. The maximum Gasteiger partial charge on any atom is 0.269 e. The summed E-state index contributed by atoms with van der Waals surface area (Å²) >= 11 is 2.93. The fourth-order valence-electron chi connectivity index (χ4n) is 4.11. The van der Waals surface area contributed by atoms with Gasteiger partial charge in [0.25, 0.3) is 5.91 Å². The molecule has 1 N–H and O–H groups in total. The monoisotopic (exact) mass is 527 g/mol. The van der Waals surface area contributed by atoms with Crippen LogP contribution in [0.15, 0.2) is 86.6 Å². The highest BCUT2D eigenvalue weighted by Crippen LogP contribution is 2.51. The molecule has 0 aliphatic carbocycles. The smallest absolute Gasteiger partial charge is 0.269 e. The van der Waals surface area contributed by atoms with Gasteiger partial charge >= 0.3 is 0 Å². The highest BCUT2D eigenvalue weighted by Gasteiger charge is 2.39. The molecule has 7 nitrogen and oxygen atoms in total. The fraction of sp³-hybridized carbons (Fsp3) is 0.179. The van der Waals surface area contributed by atoms with Crippen LogP contribution in [0.3, 0.4) is 0 Å². The second kappa shape index (κ2) is 10.6. The lowest BCUT2D eigenvalue weighted by Crippen LogP contribution is -2.29. The van der Waals surface area contributed by atoms with Gasteiger partial charge in [0.1, 0.15) is 10.7 Å². The third-order valence-corrected chi connectivity index (χ3v) is 8.42. The summed E-state index contributed by atoms with van der Waals surface area (Å²) in [4.78, 5) is 24.3. The van der Waals surface area contributed by atoms with Gasteiger partial charge in [-0.25, -0.2) is 4.99 Å². The molecular weight excluding hydrogens is 502 g/mol. The van der Waals surface area contributed by atoms with Crippen LogP contribution in [0.1, 0.15) is 18.1 Å². The van der Waals surface area contributed by atoms with Crippen LogP contribution in [0.25, 0.3) is 0 Å². The van der Waals surface area contributed by atoms with Crippen LogP contribution in [0, 0.1) is 11.3 Å². The molecule has 1 amide bonds. The van der Waals surface area contributed by atoms with Crippen LogP contribution in [0.4, 0.5) is 17.1 Å². The average molecular weight is 528 g/mol. The zero-order chi connectivity index (χ0) is 25.9. The quantitative estimate of drug-likeness (QED) is 0.384. The van der Waals surface area contributed by atoms with Crippen LogP contribution in [-0.4, -0.2) is 36.7 Å². The molecule has 0 aromatic heterocycles. The number of carbonyl (C=O) groups is 1. The number of rotatable bonds is 6. The molecule has 2 aliphatic heterocycles. The highest BCUT2D eigenvalue weighted by molar-refractivity contribution is 8.19. The van der Waals surface area contributed by atoms with Crippen molar-refractivity contribution in [1.29, 1.82) is 5.26 Å². The molecule has 9 heteroatoms. The summed E-state index contributed by atoms with van der Waals surface area (Å²) < 4.78 is 5.41. The van der Waals surface area contributed by atoms with Gasteiger partial charge in [-0.1, -0.05) is 42.1 Å². The molecule has 186 valence electrons. The van der Waals surface area contributed by atoms with Crippen molar-refractivity contribution >= 4 is 51.7 Å². The van der Waals surface area contributed by atoms with Gasteiger partial charge in [-0.3, -0.25) is 9.69 Å². The van der Waals surface area contributed by atoms with Crippen molar-refractivity contribution in [3.63, 3.8) is 0 Å². The summed E-state index contributed by atoms with van der Waals surface area (Å²) in [6.45, 7) is 3.11. The number of hydrogen-bond acceptors (Lipinski definition) is 8. The first-order valence-corrected chi connectivity index (χ1v) is 13.4. The normalized spacial score (nSPS) is 17.8. The summed E-state index contributed by atoms with van der Waals surface area (Å²) in [5.74, 6) is 0.673. The van der Waals surface area contributed by atoms with E-state index in [1.807, 2.05) is 73.5 Å². The van der Waals surface area contributed by atoms with Gasteiger partial charge in [0, 0.05) is 24.6 Å². The number of amides is 1. The number of methoxy groups -OCH3 is 1. The third-order valence-electron chi connectivity index (χ3n) is 5.99. The van der Waals surface area contributed by atoms with E-state index in [1.165, 1.54) is 11.8 Å². The topological polar surface area (TPSA) is 81.0 Å². The number of thioether (sulfide) groups is 2. The molecule has 37 heavy (non-hydrogen) atoms. The van der Waals surface area contributed by atoms with Crippen LogP contribution in [0.5, 0.6) is 5.75 Å². The van der Waals surface area contributed by atoms with E-state index in [4.69, 9.17) is 9.73 Å². The minimum absolute atomic E-state index is 0.0943. The maximum absolute atomic E-state index is 13.9. The number of aliphatic imine (C=N–C) groups is 1. The summed E-state index contributed by atoms with van der Waals surface area (Å²) in [6.07, 6.45) is 0. The SMILES string of the molecule is CCNc1ccc(C#N)cc1/N=C1/S/C(=C2\Sc3ccc(OC)cc3N2C)C(=O)N1Cc1ccccc1. The lowest BCUT2D eigenvalue weighted by atomic mass is 10.2. The van der Waals surface area contributed by atoms with Crippen molar-refractivity contribution in [3.05, 3.63) is 87.8 Å². The van der Waals surface area contributed by atoms with Crippen molar-refractivity contribution in [2.75, 3.05) is 30.9 Å². The van der Waals surface area contributed by atoms with Crippen molar-refractivity contribution in [2.24, 2.45) is 4.99 Å². The minimum atomic E-state index is -0.0943. The molecule has 2 aliphatic rings. The summed E-state index contributed by atoms with van der Waals surface area (Å²) in [5, 5.41) is 14.2. The van der Waals surface area contributed by atoms with Gasteiger partial charge in [-0.15, -0.1) is 0 Å². The Morgan fingerprint density at radius 1 is 1.08 bits per heavy atom. The van der Waals surface area contributed by atoms with Crippen molar-refractivity contribution in [2.45, 2.75) is 18.4 Å². The van der Waals surface area contributed by atoms with Gasteiger partial charge in [0.15, 0.2) is 5.17 Å². The molecule has 0 radical (unpaired) electrons. The van der Waals surface area contributed by atoms with E-state index >= 15 is 0 Å². The first-order chi connectivity index (χ1) is 18.0. The molecule has 0 atom stereocenters. The lowest BCUT2D eigenvalue weighted by molar-refractivity contribution is -0.122. The zero-order valence-electron chi connectivity index (χ0n) is 20.7. The lowest BCUT2D eigenvalue weighted by Gasteiger charge is -2.17. The molecule has 0 spiro atoms. The zero-order valence-corrected chi connectivity index (χ0v) is 22.3. The Labute approximate surface area is 224 Å². The van der Waals surface area contributed by atoms with Crippen LogP contribution in [0.2, 0.25) is 0 Å². The van der Waals surface area contributed by atoms with Crippen molar-refractivity contribution in [3.8, 4) is 11.8 Å². The van der Waals surface area contributed by atoms with E-state index in [2.05, 4.69) is 11.4 Å². The molecule has 0 bridgehead atoms. The van der Waals surface area contributed by atoms with Crippen molar-refractivity contribution < 1.29 is 9.53 Å². The number of carbonyl (C=O) groups excluding carboxylic acids is 1. The van der Waals surface area contributed by atoms with Gasteiger partial charge in [0.05, 0.1) is 47.4 Å². The third kappa shape index (κ3) is 4.90. The number of hydrogen-bond donors (Lipinski definition) is 1. The largest absolute Gasteiger partial charge is 0.497 e. The first-order valence-electron chi connectivity index (χ1n) is 11.8. The molecule has 3 aromatic rings. The van der Waals surface area contributed by atoms with Crippen LogP contribution >= 0.6 is 23.5 Å². The summed E-state index contributed by atoms with van der Waals surface area (Å²) in [7, 11) is 3.61. The molecule has 1 saturated heterocycles. The minimum Gasteiger partial charge on any atom is -0.497 e. The number of nitrogens with zero attached hydrogens (tertiary/aromatic N) is 4. The van der Waals surface area contributed by atoms with E-state index in [0.29, 0.717) is 34.4 Å². The van der Waals surface area contributed by atoms with Crippen molar-refractivity contribution in [1.82, 2.24) is 4.90 Å². The predicted octanol–water partition coefficient (Wildman–Crippen LogP) is 6.17. The first kappa shape index (κ1) is 24.8. The van der Waals surface area contributed by atoms with E-state index in [1.54, 1.807) is 35.9 Å². The Kier molecular flexibility index (Phi) is 7.12. The number of anilines is 2. The van der Waals surface area contributed by atoms with E-state index < -0.39 is 0 Å². The van der Waals surface area contributed by atoms with Crippen LogP contribution in [-0.2, 0) is 11.3 Å². The second-order valence-corrected chi connectivity index (χ2v) is 10.4. The Balaban J connectivity index is 1.59. The molecule has 3 aromatic carbocycles. The number of amidine groups is 1. The predicted molar refractivity (Wildman–Crippen MR) is 151 cm³/mol. The average Bonchev–Trinajstić information content (AvgIpc) is 3.41. The fourth-order valence-corrected chi connectivity index (χ4v) is 6.43. The Morgan fingerprint density at radius 2 is 1.89 bits per heavy atom. The maximum atomic E-state index is 13.9. The van der Waals surface area contributed by atoms with Gasteiger partial charge < -0.3 is 15.0 Å². The number of fused-ring (bicyclic) bond motifs is 1. The second-order valence-electron chi connectivity index (χ2n) is 8.38. The molecule has 0 unspecified atom stereocenters.